The van der Waals surface area contributed by atoms with E-state index in [2.05, 4.69) is 52.8 Å². The topological polar surface area (TPSA) is 50.9 Å². The molecule has 1 aromatic heterocycles. The fourth-order valence-electron chi connectivity index (χ4n) is 2.33. The molecular weight excluding hydrogens is 246 g/mol. The average molecular weight is 263 g/mol. The van der Waals surface area contributed by atoms with E-state index >= 15 is 0 Å². The first kappa shape index (κ1) is 12.5. The van der Waals surface area contributed by atoms with E-state index in [9.17, 15) is 0 Å². The number of hydrogen-bond donors (Lipinski definition) is 2. The summed E-state index contributed by atoms with van der Waals surface area (Å²) >= 11 is 0. The zero-order valence-corrected chi connectivity index (χ0v) is 11.4. The Morgan fingerprint density at radius 1 is 1.00 bits per heavy atom. The maximum atomic E-state index is 5.94. The lowest BCUT2D eigenvalue weighted by Gasteiger charge is -2.11. The number of hydrogen-bond acceptors (Lipinski definition) is 3. The van der Waals surface area contributed by atoms with Crippen LogP contribution in [0.4, 0.5) is 11.5 Å². The molecule has 0 radical (unpaired) electrons. The number of aromatic nitrogens is 1. The molecule has 0 saturated carbocycles. The molecule has 0 aliphatic heterocycles. The van der Waals surface area contributed by atoms with Crippen LogP contribution in [0.2, 0.25) is 0 Å². The van der Waals surface area contributed by atoms with Gasteiger partial charge in [0, 0.05) is 12.2 Å². The van der Waals surface area contributed by atoms with Crippen LogP contribution in [0.5, 0.6) is 0 Å². The number of nitrogen functional groups attached to an aromatic ring is 1. The first-order chi connectivity index (χ1) is 9.74. The van der Waals surface area contributed by atoms with Gasteiger partial charge in [0.25, 0.3) is 0 Å². The van der Waals surface area contributed by atoms with Crippen LogP contribution < -0.4 is 11.1 Å². The molecule has 0 aliphatic rings. The second kappa shape index (κ2) is 5.21. The molecule has 2 aromatic carbocycles. The number of nitrogens with two attached hydrogens (primary N) is 1. The van der Waals surface area contributed by atoms with Gasteiger partial charge in [-0.1, -0.05) is 42.5 Å². The molecule has 1 heterocycles. The summed E-state index contributed by atoms with van der Waals surface area (Å²) in [6.45, 7) is 2.67. The fourth-order valence-corrected chi connectivity index (χ4v) is 2.33. The van der Waals surface area contributed by atoms with Gasteiger partial charge in [0.15, 0.2) is 0 Å². The Morgan fingerprint density at radius 3 is 2.70 bits per heavy atom. The lowest BCUT2D eigenvalue weighted by atomic mass is 10.0. The molecule has 0 amide bonds. The van der Waals surface area contributed by atoms with Crippen molar-refractivity contribution in [3.05, 3.63) is 65.9 Å². The molecule has 100 valence electrons. The summed E-state index contributed by atoms with van der Waals surface area (Å²) < 4.78 is 0. The van der Waals surface area contributed by atoms with Crippen molar-refractivity contribution in [2.24, 2.45) is 0 Å². The van der Waals surface area contributed by atoms with Crippen LogP contribution in [-0.4, -0.2) is 4.98 Å². The van der Waals surface area contributed by atoms with E-state index < -0.39 is 0 Å². The number of nitrogens with one attached hydrogen (secondary N) is 1. The number of benzene rings is 2. The normalized spacial score (nSPS) is 10.7. The monoisotopic (exact) mass is 263 g/mol. The third kappa shape index (κ3) is 2.43. The summed E-state index contributed by atoms with van der Waals surface area (Å²) in [7, 11) is 0. The lowest BCUT2D eigenvalue weighted by molar-refractivity contribution is 1.10. The molecule has 0 saturated heterocycles. The van der Waals surface area contributed by atoms with E-state index in [1.165, 1.54) is 16.3 Å². The quantitative estimate of drug-likeness (QED) is 0.757. The molecule has 3 aromatic rings. The van der Waals surface area contributed by atoms with Crippen molar-refractivity contribution in [3.8, 4) is 0 Å². The van der Waals surface area contributed by atoms with Gasteiger partial charge < -0.3 is 11.1 Å². The number of fused-ring (bicyclic) bond motifs is 1. The van der Waals surface area contributed by atoms with E-state index in [1.54, 1.807) is 0 Å². The highest BCUT2D eigenvalue weighted by Crippen LogP contribution is 2.21. The van der Waals surface area contributed by atoms with Gasteiger partial charge in [-0.05, 0) is 35.4 Å². The third-order valence-corrected chi connectivity index (χ3v) is 3.39. The van der Waals surface area contributed by atoms with Crippen molar-refractivity contribution in [2.75, 3.05) is 11.1 Å². The SMILES string of the molecule is Cc1ccc(N)c(NCc2cccc3ccccc23)n1. The van der Waals surface area contributed by atoms with Crippen molar-refractivity contribution in [2.45, 2.75) is 13.5 Å². The van der Waals surface area contributed by atoms with Crippen LogP contribution in [0.3, 0.4) is 0 Å². The molecule has 3 heteroatoms. The molecule has 3 N–H and O–H groups in total. The van der Waals surface area contributed by atoms with Crippen LogP contribution in [-0.2, 0) is 6.54 Å². The second-order valence-electron chi connectivity index (χ2n) is 4.88. The Hall–Kier alpha value is -2.55. The van der Waals surface area contributed by atoms with Crippen molar-refractivity contribution >= 4 is 22.3 Å². The first-order valence-corrected chi connectivity index (χ1v) is 6.68. The lowest BCUT2D eigenvalue weighted by Crippen LogP contribution is -2.05. The van der Waals surface area contributed by atoms with Gasteiger partial charge in [-0.25, -0.2) is 4.98 Å². The van der Waals surface area contributed by atoms with Gasteiger partial charge in [0.2, 0.25) is 0 Å². The summed E-state index contributed by atoms with van der Waals surface area (Å²) in [4.78, 5) is 4.43. The molecule has 0 fully saturated rings. The molecule has 0 aliphatic carbocycles. The number of anilines is 2. The number of rotatable bonds is 3. The summed E-state index contributed by atoms with van der Waals surface area (Å²) in [6, 6.07) is 18.5. The minimum Gasteiger partial charge on any atom is -0.396 e. The van der Waals surface area contributed by atoms with Gasteiger partial charge in [0.1, 0.15) is 5.82 Å². The Balaban J connectivity index is 1.89. The molecule has 3 rings (SSSR count). The molecule has 0 bridgehead atoms. The van der Waals surface area contributed by atoms with Crippen LogP contribution in [0.25, 0.3) is 10.8 Å². The van der Waals surface area contributed by atoms with E-state index in [0.29, 0.717) is 12.2 Å². The van der Waals surface area contributed by atoms with Gasteiger partial charge in [-0.3, -0.25) is 0 Å². The zero-order valence-electron chi connectivity index (χ0n) is 11.4. The van der Waals surface area contributed by atoms with Gasteiger partial charge in [0.05, 0.1) is 5.69 Å². The van der Waals surface area contributed by atoms with E-state index in [0.717, 1.165) is 11.5 Å². The average Bonchev–Trinajstić information content (AvgIpc) is 2.48. The molecule has 3 nitrogen and oxygen atoms in total. The Morgan fingerprint density at radius 2 is 1.80 bits per heavy atom. The summed E-state index contributed by atoms with van der Waals surface area (Å²) in [6.07, 6.45) is 0. The predicted molar refractivity (Wildman–Crippen MR) is 84.7 cm³/mol. The second-order valence-corrected chi connectivity index (χ2v) is 4.88. The minimum atomic E-state index is 0.677. The summed E-state index contributed by atoms with van der Waals surface area (Å²) in [5.41, 5.74) is 8.82. The van der Waals surface area contributed by atoms with Crippen LogP contribution in [0, 0.1) is 6.92 Å². The van der Waals surface area contributed by atoms with Crippen LogP contribution >= 0.6 is 0 Å². The smallest absolute Gasteiger partial charge is 0.149 e. The maximum absolute atomic E-state index is 5.94. The Kier molecular flexibility index (Phi) is 3.25. The maximum Gasteiger partial charge on any atom is 0.149 e. The van der Waals surface area contributed by atoms with Crippen molar-refractivity contribution in [3.63, 3.8) is 0 Å². The van der Waals surface area contributed by atoms with Crippen molar-refractivity contribution in [1.29, 1.82) is 0 Å². The molecule has 0 spiro atoms. The number of pyridine rings is 1. The van der Waals surface area contributed by atoms with Gasteiger partial charge in [-0.2, -0.15) is 0 Å². The van der Waals surface area contributed by atoms with Crippen LogP contribution in [0.15, 0.2) is 54.6 Å². The standard InChI is InChI=1S/C17H17N3/c1-12-9-10-16(18)17(20-12)19-11-14-7-4-6-13-5-2-3-8-15(13)14/h2-10H,11,18H2,1H3,(H,19,20). The number of aryl methyl sites for hydroxylation is 1. The summed E-state index contributed by atoms with van der Waals surface area (Å²) in [5.74, 6) is 0.748. The van der Waals surface area contributed by atoms with E-state index in [1.807, 2.05) is 19.1 Å². The zero-order chi connectivity index (χ0) is 13.9. The van der Waals surface area contributed by atoms with E-state index in [-0.39, 0.29) is 0 Å². The first-order valence-electron chi connectivity index (χ1n) is 6.68. The fraction of sp³-hybridized carbons (Fsp3) is 0.118. The predicted octanol–water partition coefficient (Wildman–Crippen LogP) is 3.74. The van der Waals surface area contributed by atoms with Gasteiger partial charge in [-0.15, -0.1) is 0 Å². The van der Waals surface area contributed by atoms with Crippen molar-refractivity contribution in [1.82, 2.24) is 4.98 Å². The van der Waals surface area contributed by atoms with Crippen LogP contribution in [0.1, 0.15) is 11.3 Å². The highest BCUT2D eigenvalue weighted by Gasteiger charge is 2.03. The highest BCUT2D eigenvalue weighted by molar-refractivity contribution is 5.85. The molecular formula is C17H17N3. The van der Waals surface area contributed by atoms with Crippen molar-refractivity contribution < 1.29 is 0 Å². The Bertz CT molecular complexity index is 745. The Labute approximate surface area is 118 Å². The molecule has 0 atom stereocenters. The minimum absolute atomic E-state index is 0.677. The summed E-state index contributed by atoms with van der Waals surface area (Å²) in [5, 5.41) is 5.83. The third-order valence-electron chi connectivity index (χ3n) is 3.39. The van der Waals surface area contributed by atoms with Gasteiger partial charge >= 0.3 is 0 Å². The molecule has 20 heavy (non-hydrogen) atoms. The van der Waals surface area contributed by atoms with E-state index in [4.69, 9.17) is 5.73 Å². The largest absolute Gasteiger partial charge is 0.396 e. The highest BCUT2D eigenvalue weighted by atomic mass is 15.0. The number of nitrogens with zero attached hydrogens (tertiary/aromatic N) is 1. The molecule has 0 unspecified atom stereocenters.